The molecule has 268 valence electrons. The number of hydrogen-bond acceptors (Lipinski definition) is 4. The molecule has 2 heterocycles. The Morgan fingerprint density at radius 2 is 0.912 bits per heavy atom. The van der Waals surface area contributed by atoms with E-state index in [0.717, 1.165) is 17.1 Å². The summed E-state index contributed by atoms with van der Waals surface area (Å²) in [5, 5.41) is 10.1. The maximum Gasteiger partial charge on any atom is 0.0640 e. The molecular formula is C53H34N2S2. The molecule has 10 aromatic carbocycles. The minimum atomic E-state index is 0.956. The fourth-order valence-corrected chi connectivity index (χ4v) is 11.6. The average molecular weight is 763 g/mol. The van der Waals surface area contributed by atoms with Crippen LogP contribution in [0.25, 0.3) is 63.6 Å². The zero-order chi connectivity index (χ0) is 37.5. The van der Waals surface area contributed by atoms with Crippen molar-refractivity contribution in [2.45, 2.75) is 10.6 Å². The number of rotatable bonds is 6. The molecule has 0 atom stereocenters. The first-order chi connectivity index (χ1) is 28.3. The number of anilines is 6. The summed E-state index contributed by atoms with van der Waals surface area (Å²) in [6, 6.07) is 71.6. The Morgan fingerprint density at radius 3 is 1.63 bits per heavy atom. The number of fused-ring (bicyclic) bond motifs is 6. The fraction of sp³-hybridized carbons (Fsp3) is 0.0189. The van der Waals surface area contributed by atoms with E-state index in [1.165, 1.54) is 96.8 Å². The van der Waals surface area contributed by atoms with Gasteiger partial charge in [0, 0.05) is 48.3 Å². The van der Waals surface area contributed by atoms with Gasteiger partial charge in [-0.25, -0.2) is 0 Å². The lowest BCUT2D eigenvalue weighted by atomic mass is 9.91. The molecule has 0 fully saturated rings. The molecule has 1 aliphatic heterocycles. The molecule has 0 aliphatic carbocycles. The first-order valence-corrected chi connectivity index (χ1v) is 21.3. The van der Waals surface area contributed by atoms with Crippen molar-refractivity contribution in [3.05, 3.63) is 200 Å². The smallest absolute Gasteiger partial charge is 0.0640 e. The Hall–Kier alpha value is -6.59. The van der Waals surface area contributed by atoms with E-state index in [1.807, 2.05) is 23.1 Å². The van der Waals surface area contributed by atoms with Crippen molar-refractivity contribution in [2.75, 3.05) is 9.80 Å². The fourth-order valence-electron chi connectivity index (χ4n) is 9.16. The van der Waals surface area contributed by atoms with Gasteiger partial charge in [0.2, 0.25) is 0 Å². The number of thiophene rings is 1. The zero-order valence-corrected chi connectivity index (χ0v) is 32.5. The molecule has 2 nitrogen and oxygen atoms in total. The Morgan fingerprint density at radius 1 is 0.368 bits per heavy atom. The third kappa shape index (κ3) is 5.04. The number of hydrogen-bond donors (Lipinski definition) is 0. The van der Waals surface area contributed by atoms with Gasteiger partial charge in [0.15, 0.2) is 0 Å². The van der Waals surface area contributed by atoms with Crippen molar-refractivity contribution in [3.8, 4) is 11.1 Å². The topological polar surface area (TPSA) is 6.48 Å². The Kier molecular flexibility index (Phi) is 7.44. The van der Waals surface area contributed by atoms with Crippen LogP contribution in [0, 0.1) is 0 Å². The van der Waals surface area contributed by atoms with Gasteiger partial charge in [0.1, 0.15) is 0 Å². The van der Waals surface area contributed by atoms with E-state index in [1.54, 1.807) is 0 Å². The standard InChI is InChI=1S/C53H34N2S2/c1-3-14-37(15-4-1)54(47-22-11-20-41-39-18-8-7-13-36(39)33-56-52(41)47)45-31-27-34-26-30-44-46(32-28-35-25-29-43(45)50(34)51(35)44)55(38-16-5-2-6-17-38)48-23-12-21-42-40-19-9-10-24-49(40)57-53(42)48/h1-32H,33H2. The molecule has 1 aliphatic rings. The third-order valence-corrected chi connectivity index (χ3v) is 14.1. The van der Waals surface area contributed by atoms with E-state index in [0.29, 0.717) is 0 Å². The van der Waals surface area contributed by atoms with Crippen LogP contribution in [0.3, 0.4) is 0 Å². The SMILES string of the molecule is c1ccc(N(c2cccc3c2SCc2ccccc2-3)c2ccc3ccc4c(N(c5ccccc5)c5cccc6c5sc5ccccc56)ccc5ccc2c3c54)cc1. The molecule has 57 heavy (non-hydrogen) atoms. The number of para-hydroxylation sites is 2. The highest BCUT2D eigenvalue weighted by atomic mass is 32.2. The second-order valence-electron chi connectivity index (χ2n) is 14.8. The predicted octanol–water partition coefficient (Wildman–Crippen LogP) is 16.2. The van der Waals surface area contributed by atoms with Gasteiger partial charge in [0.05, 0.1) is 27.4 Å². The van der Waals surface area contributed by atoms with Gasteiger partial charge in [-0.2, -0.15) is 0 Å². The molecule has 0 bridgehead atoms. The summed E-state index contributed by atoms with van der Waals surface area (Å²) in [5.41, 5.74) is 11.1. The van der Waals surface area contributed by atoms with Crippen molar-refractivity contribution in [1.82, 2.24) is 0 Å². The molecule has 0 spiro atoms. The third-order valence-electron chi connectivity index (χ3n) is 11.7. The highest BCUT2D eigenvalue weighted by Crippen LogP contribution is 2.53. The van der Waals surface area contributed by atoms with Crippen LogP contribution in [-0.2, 0) is 5.75 Å². The van der Waals surface area contributed by atoms with E-state index in [-0.39, 0.29) is 0 Å². The number of thioether (sulfide) groups is 1. The molecule has 0 saturated carbocycles. The van der Waals surface area contributed by atoms with Crippen molar-refractivity contribution in [1.29, 1.82) is 0 Å². The average Bonchev–Trinajstić information content (AvgIpc) is 3.67. The second kappa shape index (κ2) is 13.0. The van der Waals surface area contributed by atoms with E-state index in [2.05, 4.69) is 204 Å². The summed E-state index contributed by atoms with van der Waals surface area (Å²) in [5.74, 6) is 0.956. The number of benzene rings is 10. The van der Waals surface area contributed by atoms with E-state index in [9.17, 15) is 0 Å². The lowest BCUT2D eigenvalue weighted by Gasteiger charge is -2.32. The zero-order valence-electron chi connectivity index (χ0n) is 30.9. The molecule has 0 radical (unpaired) electrons. The summed E-state index contributed by atoms with van der Waals surface area (Å²) in [4.78, 5) is 6.29. The van der Waals surface area contributed by atoms with Crippen molar-refractivity contribution in [3.63, 3.8) is 0 Å². The van der Waals surface area contributed by atoms with Gasteiger partial charge in [-0.05, 0) is 92.8 Å². The van der Waals surface area contributed by atoms with Gasteiger partial charge >= 0.3 is 0 Å². The molecule has 0 saturated heterocycles. The molecule has 4 heteroatoms. The summed E-state index contributed by atoms with van der Waals surface area (Å²) in [6.45, 7) is 0. The van der Waals surface area contributed by atoms with Crippen LogP contribution < -0.4 is 9.80 Å². The largest absolute Gasteiger partial charge is 0.309 e. The molecule has 12 rings (SSSR count). The summed E-state index contributed by atoms with van der Waals surface area (Å²) < 4.78 is 2.60. The second-order valence-corrected chi connectivity index (χ2v) is 16.8. The molecule has 1 aromatic heterocycles. The summed E-state index contributed by atoms with van der Waals surface area (Å²) in [6.07, 6.45) is 0. The van der Waals surface area contributed by atoms with E-state index < -0.39 is 0 Å². The molecule has 0 unspecified atom stereocenters. The lowest BCUT2D eigenvalue weighted by molar-refractivity contribution is 1.22. The van der Waals surface area contributed by atoms with Gasteiger partial charge in [-0.1, -0.05) is 140 Å². The van der Waals surface area contributed by atoms with Gasteiger partial charge in [-0.3, -0.25) is 0 Å². The van der Waals surface area contributed by atoms with Crippen LogP contribution in [-0.4, -0.2) is 0 Å². The molecule has 0 N–H and O–H groups in total. The number of nitrogens with zero attached hydrogens (tertiary/aromatic N) is 2. The highest BCUT2D eigenvalue weighted by molar-refractivity contribution is 7.99. The molecule has 11 aromatic rings. The minimum Gasteiger partial charge on any atom is -0.309 e. The van der Waals surface area contributed by atoms with E-state index >= 15 is 0 Å². The monoisotopic (exact) mass is 762 g/mol. The maximum atomic E-state index is 2.49. The Balaban J connectivity index is 1.11. The first kappa shape index (κ1) is 32.6. The predicted molar refractivity (Wildman–Crippen MR) is 247 cm³/mol. The normalized spacial score (nSPS) is 12.4. The van der Waals surface area contributed by atoms with Crippen LogP contribution in [0.2, 0.25) is 0 Å². The van der Waals surface area contributed by atoms with Crippen LogP contribution in [0.5, 0.6) is 0 Å². The van der Waals surface area contributed by atoms with E-state index in [4.69, 9.17) is 0 Å². The lowest BCUT2D eigenvalue weighted by Crippen LogP contribution is -2.13. The van der Waals surface area contributed by atoms with Crippen molar-refractivity contribution in [2.24, 2.45) is 0 Å². The Labute approximate surface area is 339 Å². The van der Waals surface area contributed by atoms with Gasteiger partial charge < -0.3 is 9.80 Å². The van der Waals surface area contributed by atoms with Crippen LogP contribution >= 0.6 is 23.1 Å². The summed E-state index contributed by atoms with van der Waals surface area (Å²) in [7, 11) is 0. The minimum absolute atomic E-state index is 0.956. The van der Waals surface area contributed by atoms with Crippen LogP contribution in [0.15, 0.2) is 199 Å². The van der Waals surface area contributed by atoms with Crippen LogP contribution in [0.1, 0.15) is 5.56 Å². The van der Waals surface area contributed by atoms with Crippen molar-refractivity contribution >= 4 is 110 Å². The Bertz CT molecular complexity index is 3320. The quantitative estimate of drug-likeness (QED) is 0.156. The molecular weight excluding hydrogens is 729 g/mol. The van der Waals surface area contributed by atoms with Gasteiger partial charge in [-0.15, -0.1) is 23.1 Å². The molecule has 0 amide bonds. The van der Waals surface area contributed by atoms with Crippen LogP contribution in [0.4, 0.5) is 34.1 Å². The van der Waals surface area contributed by atoms with Gasteiger partial charge in [0.25, 0.3) is 0 Å². The summed E-state index contributed by atoms with van der Waals surface area (Å²) >= 11 is 3.82. The maximum absolute atomic E-state index is 2.49. The highest BCUT2D eigenvalue weighted by Gasteiger charge is 2.26. The van der Waals surface area contributed by atoms with Crippen molar-refractivity contribution < 1.29 is 0 Å². The first-order valence-electron chi connectivity index (χ1n) is 19.5.